The van der Waals surface area contributed by atoms with Gasteiger partial charge < -0.3 is 9.84 Å². The van der Waals surface area contributed by atoms with E-state index in [4.69, 9.17) is 9.84 Å². The molecule has 0 aromatic carbocycles. The fourth-order valence-electron chi connectivity index (χ4n) is 1.98. The molecule has 1 aromatic rings. The Hall–Kier alpha value is -1.02. The zero-order valence-corrected chi connectivity index (χ0v) is 11.8. The van der Waals surface area contributed by atoms with Gasteiger partial charge in [-0.2, -0.15) is 4.31 Å². The van der Waals surface area contributed by atoms with E-state index < -0.39 is 10.0 Å². The van der Waals surface area contributed by atoms with E-state index in [1.54, 1.807) is 6.07 Å². The summed E-state index contributed by atoms with van der Waals surface area (Å²) in [5.41, 5.74) is 0.586. The maximum Gasteiger partial charge on any atom is 0.260 e. The molecule has 1 aliphatic rings. The third-order valence-corrected chi connectivity index (χ3v) is 5.00. The lowest BCUT2D eigenvalue weighted by Crippen LogP contribution is -2.50. The summed E-state index contributed by atoms with van der Waals surface area (Å²) >= 11 is 0. The monoisotopic (exact) mass is 286 g/mol. The maximum absolute atomic E-state index is 12.5. The standard InChI is InChI=1S/C12H18N2O4S/c1-9-8-18-10(2)6-14(9)19(16,17)12-4-3-11(7-15)5-13-12/h3-5,9-10,15H,6-8H2,1-2H3. The van der Waals surface area contributed by atoms with Crippen LogP contribution in [-0.4, -0.2) is 48.1 Å². The van der Waals surface area contributed by atoms with Gasteiger partial charge >= 0.3 is 0 Å². The molecule has 2 unspecified atom stereocenters. The Kier molecular flexibility index (Phi) is 4.19. The Labute approximate surface area is 113 Å². The van der Waals surface area contributed by atoms with Gasteiger partial charge in [0.05, 0.1) is 19.3 Å². The van der Waals surface area contributed by atoms with Gasteiger partial charge in [-0.05, 0) is 25.5 Å². The summed E-state index contributed by atoms with van der Waals surface area (Å²) in [6, 6.07) is 2.78. The van der Waals surface area contributed by atoms with Gasteiger partial charge in [0.15, 0.2) is 5.03 Å². The SMILES string of the molecule is CC1CN(S(=O)(=O)c2ccc(CO)cn2)C(C)CO1. The molecule has 19 heavy (non-hydrogen) atoms. The highest BCUT2D eigenvalue weighted by atomic mass is 32.2. The molecule has 1 N–H and O–H groups in total. The number of pyridine rings is 1. The number of aromatic nitrogens is 1. The number of nitrogens with zero attached hydrogens (tertiary/aromatic N) is 2. The Morgan fingerprint density at radius 1 is 1.47 bits per heavy atom. The first-order valence-corrected chi connectivity index (χ1v) is 7.58. The van der Waals surface area contributed by atoms with Crippen LogP contribution in [0.1, 0.15) is 19.4 Å². The second kappa shape index (κ2) is 5.54. The lowest BCUT2D eigenvalue weighted by Gasteiger charge is -2.35. The van der Waals surface area contributed by atoms with Crippen LogP contribution in [-0.2, 0) is 21.4 Å². The molecule has 1 aliphatic heterocycles. The lowest BCUT2D eigenvalue weighted by molar-refractivity contribution is -0.0171. The smallest absolute Gasteiger partial charge is 0.260 e. The van der Waals surface area contributed by atoms with Gasteiger partial charge in [-0.3, -0.25) is 0 Å². The summed E-state index contributed by atoms with van der Waals surface area (Å²) < 4.78 is 31.8. The fraction of sp³-hybridized carbons (Fsp3) is 0.583. The van der Waals surface area contributed by atoms with E-state index in [0.717, 1.165) is 0 Å². The van der Waals surface area contributed by atoms with Crippen molar-refractivity contribution in [3.63, 3.8) is 0 Å². The van der Waals surface area contributed by atoms with Crippen LogP contribution in [0.25, 0.3) is 0 Å². The summed E-state index contributed by atoms with van der Waals surface area (Å²) in [6.07, 6.45) is 1.25. The number of morpholine rings is 1. The van der Waals surface area contributed by atoms with E-state index in [1.165, 1.54) is 16.6 Å². The number of hydrogen-bond donors (Lipinski definition) is 1. The normalized spacial score (nSPS) is 25.4. The fourth-order valence-corrected chi connectivity index (χ4v) is 3.59. The summed E-state index contributed by atoms with van der Waals surface area (Å²) in [5, 5.41) is 8.95. The van der Waals surface area contributed by atoms with Gasteiger partial charge in [0.25, 0.3) is 10.0 Å². The molecule has 2 rings (SSSR count). The molecule has 2 heterocycles. The van der Waals surface area contributed by atoms with Crippen LogP contribution in [0.5, 0.6) is 0 Å². The van der Waals surface area contributed by atoms with E-state index in [-0.39, 0.29) is 23.8 Å². The van der Waals surface area contributed by atoms with Crippen molar-refractivity contribution in [3.05, 3.63) is 23.9 Å². The van der Waals surface area contributed by atoms with Gasteiger partial charge in [0, 0.05) is 18.8 Å². The van der Waals surface area contributed by atoms with Crippen LogP contribution in [0, 0.1) is 0 Å². The van der Waals surface area contributed by atoms with Crippen LogP contribution in [0.3, 0.4) is 0 Å². The molecule has 0 aliphatic carbocycles. The highest BCUT2D eigenvalue weighted by molar-refractivity contribution is 7.89. The van der Waals surface area contributed by atoms with Crippen molar-refractivity contribution < 1.29 is 18.3 Å². The Morgan fingerprint density at radius 2 is 2.21 bits per heavy atom. The van der Waals surface area contributed by atoms with Crippen molar-refractivity contribution in [2.24, 2.45) is 0 Å². The Bertz CT molecular complexity index is 529. The number of hydrogen-bond acceptors (Lipinski definition) is 5. The summed E-state index contributed by atoms with van der Waals surface area (Å²) in [4.78, 5) is 3.93. The molecule has 1 saturated heterocycles. The molecule has 7 heteroatoms. The van der Waals surface area contributed by atoms with Gasteiger partial charge in [-0.15, -0.1) is 0 Å². The van der Waals surface area contributed by atoms with E-state index in [0.29, 0.717) is 18.7 Å². The van der Waals surface area contributed by atoms with Crippen molar-refractivity contribution in [2.75, 3.05) is 13.2 Å². The zero-order chi connectivity index (χ0) is 14.0. The van der Waals surface area contributed by atoms with Crippen LogP contribution < -0.4 is 0 Å². The predicted molar refractivity (Wildman–Crippen MR) is 68.9 cm³/mol. The molecule has 0 radical (unpaired) electrons. The second-order valence-corrected chi connectivity index (χ2v) is 6.57. The lowest BCUT2D eigenvalue weighted by atomic mass is 10.2. The molecule has 1 fully saturated rings. The third-order valence-electron chi connectivity index (χ3n) is 3.10. The minimum atomic E-state index is -3.61. The highest BCUT2D eigenvalue weighted by Gasteiger charge is 2.34. The van der Waals surface area contributed by atoms with Crippen molar-refractivity contribution in [1.29, 1.82) is 0 Å². The summed E-state index contributed by atoms with van der Waals surface area (Å²) in [5.74, 6) is 0. The average molecular weight is 286 g/mol. The van der Waals surface area contributed by atoms with Crippen molar-refractivity contribution in [1.82, 2.24) is 9.29 Å². The quantitative estimate of drug-likeness (QED) is 0.868. The highest BCUT2D eigenvalue weighted by Crippen LogP contribution is 2.21. The number of aliphatic hydroxyl groups excluding tert-OH is 1. The molecular weight excluding hydrogens is 268 g/mol. The van der Waals surface area contributed by atoms with Crippen LogP contribution in [0.15, 0.2) is 23.4 Å². The first kappa shape index (κ1) is 14.4. The predicted octanol–water partition coefficient (Wildman–Crippen LogP) is 0.372. The number of rotatable bonds is 3. The molecule has 0 saturated carbocycles. The average Bonchev–Trinajstić information content (AvgIpc) is 2.41. The molecular formula is C12H18N2O4S. The largest absolute Gasteiger partial charge is 0.392 e. The van der Waals surface area contributed by atoms with Crippen molar-refractivity contribution in [3.8, 4) is 0 Å². The van der Waals surface area contributed by atoms with Crippen LogP contribution in [0.4, 0.5) is 0 Å². The number of aliphatic hydroxyl groups is 1. The van der Waals surface area contributed by atoms with E-state index in [1.807, 2.05) is 13.8 Å². The Balaban J connectivity index is 2.29. The molecule has 0 bridgehead atoms. The first-order valence-electron chi connectivity index (χ1n) is 6.14. The molecule has 6 nitrogen and oxygen atoms in total. The van der Waals surface area contributed by atoms with Gasteiger partial charge in [-0.1, -0.05) is 6.07 Å². The summed E-state index contributed by atoms with van der Waals surface area (Å²) in [6.45, 7) is 4.21. The molecule has 106 valence electrons. The topological polar surface area (TPSA) is 79.7 Å². The van der Waals surface area contributed by atoms with Crippen molar-refractivity contribution >= 4 is 10.0 Å². The third kappa shape index (κ3) is 2.94. The molecule has 0 spiro atoms. The number of ether oxygens (including phenoxy) is 1. The minimum Gasteiger partial charge on any atom is -0.392 e. The van der Waals surface area contributed by atoms with Gasteiger partial charge in [0.2, 0.25) is 0 Å². The van der Waals surface area contributed by atoms with Gasteiger partial charge in [-0.25, -0.2) is 13.4 Å². The van der Waals surface area contributed by atoms with E-state index in [9.17, 15) is 8.42 Å². The molecule has 1 aromatic heterocycles. The number of sulfonamides is 1. The second-order valence-electron chi connectivity index (χ2n) is 4.73. The van der Waals surface area contributed by atoms with E-state index in [2.05, 4.69) is 4.98 Å². The minimum absolute atomic E-state index is 0.00523. The van der Waals surface area contributed by atoms with Crippen molar-refractivity contribution in [2.45, 2.75) is 37.6 Å². The van der Waals surface area contributed by atoms with Gasteiger partial charge in [0.1, 0.15) is 0 Å². The molecule has 0 amide bonds. The Morgan fingerprint density at radius 3 is 2.79 bits per heavy atom. The van der Waals surface area contributed by atoms with Crippen LogP contribution in [0.2, 0.25) is 0 Å². The zero-order valence-electron chi connectivity index (χ0n) is 11.0. The van der Waals surface area contributed by atoms with Crippen LogP contribution >= 0.6 is 0 Å². The molecule has 2 atom stereocenters. The van der Waals surface area contributed by atoms with E-state index >= 15 is 0 Å². The first-order chi connectivity index (χ1) is 8.95. The summed E-state index contributed by atoms with van der Waals surface area (Å²) in [7, 11) is -3.61. The maximum atomic E-state index is 12.5.